The van der Waals surface area contributed by atoms with Gasteiger partial charge in [-0.05, 0) is 12.1 Å². The Balaban J connectivity index is 1.63. The second-order valence-corrected chi connectivity index (χ2v) is 9.59. The zero-order valence-electron chi connectivity index (χ0n) is 18.1. The van der Waals surface area contributed by atoms with Gasteiger partial charge in [0.15, 0.2) is 12.3 Å². The number of hydrogen-bond acceptors (Lipinski definition) is 9. The van der Waals surface area contributed by atoms with Crippen molar-refractivity contribution in [1.29, 1.82) is 0 Å². The number of benzene rings is 2. The molecule has 2 aromatic carbocycles. The van der Waals surface area contributed by atoms with Gasteiger partial charge in [-0.15, -0.1) is 0 Å². The summed E-state index contributed by atoms with van der Waals surface area (Å²) in [5.74, 6) is -1.23. The van der Waals surface area contributed by atoms with Gasteiger partial charge < -0.3 is 19.8 Å². The van der Waals surface area contributed by atoms with E-state index in [1.165, 1.54) is 12.1 Å². The Bertz CT molecular complexity index is 1480. The number of amides is 1. The lowest BCUT2D eigenvalue weighted by atomic mass is 10.1. The quantitative estimate of drug-likeness (QED) is 0.346. The van der Waals surface area contributed by atoms with E-state index in [4.69, 9.17) is 4.74 Å². The fourth-order valence-corrected chi connectivity index (χ4v) is 5.08. The highest BCUT2D eigenvalue weighted by Crippen LogP contribution is 2.31. The van der Waals surface area contributed by atoms with E-state index in [0.717, 1.165) is 22.5 Å². The molecular weight excluding hydrogens is 468 g/mol. The van der Waals surface area contributed by atoms with E-state index in [1.54, 1.807) is 18.2 Å². The van der Waals surface area contributed by atoms with E-state index in [2.05, 4.69) is 0 Å². The fraction of sp³-hybridized carbons (Fsp3) is 0.286. The third-order valence-corrected chi connectivity index (χ3v) is 6.89. The van der Waals surface area contributed by atoms with Crippen LogP contribution >= 0.6 is 0 Å². The van der Waals surface area contributed by atoms with Crippen LogP contribution in [-0.4, -0.2) is 66.5 Å². The number of nitrogens with one attached hydrogen (secondary N) is 2. The van der Waals surface area contributed by atoms with Gasteiger partial charge in [0.05, 0.1) is 4.90 Å². The molecule has 180 valence electrons. The molecule has 0 saturated carbocycles. The molecule has 1 saturated heterocycles. The monoisotopic (exact) mass is 490 g/mol. The number of carbonyl (C=O) groups excluding carboxylic acids is 1. The molecule has 1 amide bonds. The summed E-state index contributed by atoms with van der Waals surface area (Å²) < 4.78 is 34.2. The van der Waals surface area contributed by atoms with E-state index < -0.39 is 51.7 Å². The molecule has 4 atom stereocenters. The minimum Gasteiger partial charge on any atom is -0.387 e. The first-order valence-corrected chi connectivity index (χ1v) is 11.6. The predicted molar refractivity (Wildman–Crippen MR) is 121 cm³/mol. The van der Waals surface area contributed by atoms with Gasteiger partial charge in [0, 0.05) is 42.8 Å². The van der Waals surface area contributed by atoms with Gasteiger partial charge in [0.2, 0.25) is 0 Å². The zero-order chi connectivity index (χ0) is 24.8. The maximum Gasteiger partial charge on any atom is 0.330 e. The highest BCUT2D eigenvalue weighted by atomic mass is 32.2. The van der Waals surface area contributed by atoms with Crippen molar-refractivity contribution in [2.45, 2.75) is 29.4 Å². The van der Waals surface area contributed by atoms with E-state index in [1.807, 2.05) is 34.8 Å². The van der Waals surface area contributed by atoms with Crippen molar-refractivity contribution in [2.75, 3.05) is 19.0 Å². The smallest absolute Gasteiger partial charge is 0.330 e. The number of nitrogens with zero attached hydrogens (tertiary/aromatic N) is 2. The van der Waals surface area contributed by atoms with Gasteiger partial charge in [0.25, 0.3) is 21.5 Å². The minimum absolute atomic E-state index is 0.163. The summed E-state index contributed by atoms with van der Waals surface area (Å²) in [6.07, 6.45) is -5.90. The number of fused-ring (bicyclic) bond motifs is 1. The van der Waals surface area contributed by atoms with Crippen molar-refractivity contribution in [3.8, 4) is 0 Å². The fourth-order valence-electron chi connectivity index (χ4n) is 3.87. The van der Waals surface area contributed by atoms with Crippen molar-refractivity contribution in [3.63, 3.8) is 0 Å². The summed E-state index contributed by atoms with van der Waals surface area (Å²) in [7, 11) is -0.787. The van der Waals surface area contributed by atoms with Gasteiger partial charge in [-0.2, -0.15) is 0 Å². The topological polar surface area (TPSA) is 171 Å². The molecule has 3 aromatic rings. The third-order valence-electron chi connectivity index (χ3n) is 5.49. The number of sulfonamides is 1. The van der Waals surface area contributed by atoms with Crippen LogP contribution in [0.4, 0.5) is 5.69 Å². The third kappa shape index (κ3) is 4.09. The number of hydrogen-bond donors (Lipinski definition) is 4. The van der Waals surface area contributed by atoms with Gasteiger partial charge in [-0.25, -0.2) is 17.9 Å². The summed E-state index contributed by atoms with van der Waals surface area (Å²) in [5, 5.41) is 21.6. The standard InChI is InChI=1S/C21H22N4O8S/c1-24(2)13-7-3-6-12-11(13)5-4-8-14(12)34(31,32)23-19(29)18-16(27)17(28)20(33-18)25-10-9-15(26)22-21(25)30/h3-10,16-18,20,27-28H,1-2H3,(H,23,29)(H,22,26,30)/t16-,17+,18-,20+/m0/s1. The van der Waals surface area contributed by atoms with Crippen LogP contribution in [0.1, 0.15) is 6.23 Å². The Morgan fingerprint density at radius 1 is 1.06 bits per heavy atom. The molecular formula is C21H22N4O8S. The molecule has 4 rings (SSSR count). The average Bonchev–Trinajstić information content (AvgIpc) is 3.07. The molecule has 0 radical (unpaired) electrons. The number of ether oxygens (including phenoxy) is 1. The number of aromatic nitrogens is 2. The molecule has 1 fully saturated rings. The van der Waals surface area contributed by atoms with Crippen molar-refractivity contribution in [2.24, 2.45) is 0 Å². The highest BCUT2D eigenvalue weighted by Gasteiger charge is 2.48. The lowest BCUT2D eigenvalue weighted by Crippen LogP contribution is -2.45. The largest absolute Gasteiger partial charge is 0.387 e. The summed E-state index contributed by atoms with van der Waals surface area (Å²) in [5.41, 5.74) is -0.861. The second kappa shape index (κ2) is 8.68. The Labute approximate surface area is 193 Å². The van der Waals surface area contributed by atoms with Crippen LogP contribution < -0.4 is 20.9 Å². The number of carbonyl (C=O) groups is 1. The Morgan fingerprint density at radius 3 is 2.41 bits per heavy atom. The first-order chi connectivity index (χ1) is 16.0. The van der Waals surface area contributed by atoms with Gasteiger partial charge in [0.1, 0.15) is 12.2 Å². The number of aliphatic hydroxyl groups excluding tert-OH is 2. The van der Waals surface area contributed by atoms with Crippen LogP contribution in [0.15, 0.2) is 63.1 Å². The van der Waals surface area contributed by atoms with Crippen LogP contribution in [0.3, 0.4) is 0 Å². The number of aromatic amines is 1. The molecule has 0 spiro atoms. The Morgan fingerprint density at radius 2 is 1.74 bits per heavy atom. The zero-order valence-corrected chi connectivity index (χ0v) is 18.9. The van der Waals surface area contributed by atoms with E-state index in [9.17, 15) is 33.0 Å². The molecule has 12 nitrogen and oxygen atoms in total. The Hall–Kier alpha value is -3.52. The Kier molecular flexibility index (Phi) is 6.03. The second-order valence-electron chi connectivity index (χ2n) is 7.94. The lowest BCUT2D eigenvalue weighted by Gasteiger charge is -2.18. The number of aliphatic hydroxyl groups is 2. The highest BCUT2D eigenvalue weighted by molar-refractivity contribution is 7.90. The average molecular weight is 490 g/mol. The van der Waals surface area contributed by atoms with Gasteiger partial charge in [-0.3, -0.25) is 19.1 Å². The predicted octanol–water partition coefficient (Wildman–Crippen LogP) is -1.12. The number of rotatable bonds is 5. The molecule has 34 heavy (non-hydrogen) atoms. The van der Waals surface area contributed by atoms with Crippen molar-refractivity contribution in [3.05, 3.63) is 69.5 Å². The number of H-pyrrole nitrogens is 1. The maximum absolute atomic E-state index is 13.1. The van der Waals surface area contributed by atoms with Crippen molar-refractivity contribution in [1.82, 2.24) is 14.3 Å². The van der Waals surface area contributed by atoms with Crippen LogP contribution in [0.2, 0.25) is 0 Å². The first kappa shape index (κ1) is 23.6. The van der Waals surface area contributed by atoms with E-state index in [0.29, 0.717) is 10.8 Å². The summed E-state index contributed by atoms with van der Waals surface area (Å²) in [4.78, 5) is 39.7. The molecule has 2 heterocycles. The van der Waals surface area contributed by atoms with Crippen LogP contribution in [0.5, 0.6) is 0 Å². The molecule has 1 aliphatic heterocycles. The van der Waals surface area contributed by atoms with E-state index in [-0.39, 0.29) is 4.90 Å². The molecule has 0 unspecified atom stereocenters. The first-order valence-electron chi connectivity index (χ1n) is 10.1. The minimum atomic E-state index is -4.41. The van der Waals surface area contributed by atoms with Crippen LogP contribution in [-0.2, 0) is 19.6 Å². The van der Waals surface area contributed by atoms with Crippen molar-refractivity contribution >= 4 is 32.4 Å². The molecule has 1 aromatic heterocycles. The maximum atomic E-state index is 13.1. The van der Waals surface area contributed by atoms with Gasteiger partial charge >= 0.3 is 5.69 Å². The lowest BCUT2D eigenvalue weighted by molar-refractivity contribution is -0.135. The van der Waals surface area contributed by atoms with Crippen molar-refractivity contribution < 1.29 is 28.2 Å². The van der Waals surface area contributed by atoms with Gasteiger partial charge in [-0.1, -0.05) is 24.3 Å². The molecule has 13 heteroatoms. The number of anilines is 1. The molecule has 0 aliphatic carbocycles. The molecule has 4 N–H and O–H groups in total. The summed E-state index contributed by atoms with van der Waals surface area (Å²) >= 11 is 0. The van der Waals surface area contributed by atoms with Crippen LogP contribution in [0.25, 0.3) is 10.8 Å². The van der Waals surface area contributed by atoms with E-state index >= 15 is 0 Å². The molecule has 1 aliphatic rings. The van der Waals surface area contributed by atoms with Crippen LogP contribution in [0, 0.1) is 0 Å². The summed E-state index contributed by atoms with van der Waals surface area (Å²) in [6, 6.07) is 10.7. The SMILES string of the molecule is CN(C)c1cccc2c(S(=O)(=O)NC(=O)[C@H]3O[C@@H](n4ccc(=O)[nH]c4=O)[C@H](O)[C@@H]3O)cccc12. The normalized spacial score (nSPS) is 22.6. The molecule has 0 bridgehead atoms. The summed E-state index contributed by atoms with van der Waals surface area (Å²) in [6.45, 7) is 0.